The summed E-state index contributed by atoms with van der Waals surface area (Å²) in [6, 6.07) is 0. The molecule has 0 bridgehead atoms. The molecule has 96 valence electrons. The number of hydrogen-bond donors (Lipinski definition) is 1. The van der Waals surface area contributed by atoms with Gasteiger partial charge in [0.1, 0.15) is 5.60 Å². The number of aromatic nitrogens is 3. The van der Waals surface area contributed by atoms with Crippen molar-refractivity contribution in [2.45, 2.75) is 38.1 Å². The molecule has 17 heavy (non-hydrogen) atoms. The number of alkyl carbamates (subject to hydrolysis) is 1. The second-order valence-electron chi connectivity index (χ2n) is 4.52. The lowest BCUT2D eigenvalue weighted by molar-refractivity contribution is 0.0521. The van der Waals surface area contributed by atoms with Crippen LogP contribution in [0.25, 0.3) is 0 Å². The van der Waals surface area contributed by atoms with Gasteiger partial charge in [-0.25, -0.2) is 4.79 Å². The maximum Gasteiger partial charge on any atom is 0.408 e. The minimum atomic E-state index is -0.492. The predicted molar refractivity (Wildman–Crippen MR) is 65.9 cm³/mol. The number of carbonyl (C=O) groups is 1. The molecule has 0 radical (unpaired) electrons. The zero-order chi connectivity index (χ0) is 13.1. The summed E-state index contributed by atoms with van der Waals surface area (Å²) >= 11 is 1.51. The zero-order valence-corrected chi connectivity index (χ0v) is 11.6. The highest BCUT2D eigenvalue weighted by molar-refractivity contribution is 7.98. The van der Waals surface area contributed by atoms with Crippen LogP contribution in [0.4, 0.5) is 4.79 Å². The van der Waals surface area contributed by atoms with E-state index in [1.54, 1.807) is 0 Å². The monoisotopic (exact) mass is 258 g/mol. The molecule has 0 spiro atoms. The van der Waals surface area contributed by atoms with Gasteiger partial charge in [-0.05, 0) is 27.0 Å². The molecule has 1 N–H and O–H groups in total. The number of amides is 1. The van der Waals surface area contributed by atoms with Gasteiger partial charge in [-0.15, -0.1) is 10.2 Å². The lowest BCUT2D eigenvalue weighted by Gasteiger charge is -2.19. The van der Waals surface area contributed by atoms with E-state index in [-0.39, 0.29) is 0 Å². The van der Waals surface area contributed by atoms with Gasteiger partial charge in [-0.3, -0.25) is 0 Å². The van der Waals surface area contributed by atoms with Crippen LogP contribution >= 0.6 is 11.8 Å². The molecule has 1 aromatic rings. The van der Waals surface area contributed by atoms with E-state index in [0.29, 0.717) is 12.4 Å². The van der Waals surface area contributed by atoms with Gasteiger partial charge in [0.15, 0.2) is 11.0 Å². The summed E-state index contributed by atoms with van der Waals surface area (Å²) in [6.07, 6.45) is 1.47. The Balaban J connectivity index is 2.50. The van der Waals surface area contributed by atoms with Gasteiger partial charge < -0.3 is 14.6 Å². The van der Waals surface area contributed by atoms with Crippen molar-refractivity contribution in [3.8, 4) is 0 Å². The van der Waals surface area contributed by atoms with Crippen molar-refractivity contribution in [1.82, 2.24) is 20.1 Å². The molecule has 1 heterocycles. The van der Waals surface area contributed by atoms with E-state index in [1.807, 2.05) is 38.6 Å². The number of nitrogens with one attached hydrogen (secondary N) is 1. The van der Waals surface area contributed by atoms with Crippen LogP contribution < -0.4 is 5.32 Å². The highest BCUT2D eigenvalue weighted by atomic mass is 32.2. The molecule has 0 aliphatic rings. The maximum absolute atomic E-state index is 11.4. The largest absolute Gasteiger partial charge is 0.444 e. The Morgan fingerprint density at radius 2 is 2.12 bits per heavy atom. The minimum absolute atomic E-state index is 0.305. The van der Waals surface area contributed by atoms with Gasteiger partial charge in [0, 0.05) is 7.05 Å². The first-order valence-electron chi connectivity index (χ1n) is 5.22. The van der Waals surface area contributed by atoms with E-state index in [4.69, 9.17) is 4.74 Å². The molecular formula is C10H18N4O2S. The van der Waals surface area contributed by atoms with E-state index in [9.17, 15) is 4.79 Å². The quantitative estimate of drug-likeness (QED) is 0.833. The van der Waals surface area contributed by atoms with Crippen LogP contribution in [0, 0.1) is 0 Å². The zero-order valence-electron chi connectivity index (χ0n) is 10.8. The summed E-state index contributed by atoms with van der Waals surface area (Å²) in [7, 11) is 1.86. The highest BCUT2D eigenvalue weighted by Crippen LogP contribution is 2.11. The second-order valence-corrected chi connectivity index (χ2v) is 5.29. The summed E-state index contributed by atoms with van der Waals surface area (Å²) in [5.41, 5.74) is -0.492. The third-order valence-electron chi connectivity index (χ3n) is 1.90. The van der Waals surface area contributed by atoms with Crippen molar-refractivity contribution in [2.75, 3.05) is 6.26 Å². The summed E-state index contributed by atoms with van der Waals surface area (Å²) in [4.78, 5) is 11.4. The van der Waals surface area contributed by atoms with Crippen LogP contribution in [-0.2, 0) is 18.3 Å². The molecule has 1 aromatic heterocycles. The average molecular weight is 258 g/mol. The SMILES string of the molecule is CSc1nnc(CNC(=O)OC(C)(C)C)n1C. The number of carbonyl (C=O) groups excluding carboxylic acids is 1. The Morgan fingerprint density at radius 3 is 2.59 bits per heavy atom. The molecule has 0 unspecified atom stereocenters. The van der Waals surface area contributed by atoms with Crippen molar-refractivity contribution in [3.05, 3.63) is 5.82 Å². The Kier molecular flexibility index (Phi) is 4.39. The van der Waals surface area contributed by atoms with Crippen LogP contribution in [0.5, 0.6) is 0 Å². The van der Waals surface area contributed by atoms with Gasteiger partial charge in [0.2, 0.25) is 0 Å². The Labute approximate surface area is 105 Å². The van der Waals surface area contributed by atoms with E-state index in [0.717, 1.165) is 5.16 Å². The van der Waals surface area contributed by atoms with Crippen LogP contribution in [0.2, 0.25) is 0 Å². The summed E-state index contributed by atoms with van der Waals surface area (Å²) in [5, 5.41) is 11.4. The first kappa shape index (κ1) is 13.8. The number of hydrogen-bond acceptors (Lipinski definition) is 5. The number of ether oxygens (including phenoxy) is 1. The first-order valence-corrected chi connectivity index (χ1v) is 6.45. The van der Waals surface area contributed by atoms with Crippen molar-refractivity contribution in [2.24, 2.45) is 7.05 Å². The second kappa shape index (κ2) is 5.39. The van der Waals surface area contributed by atoms with Gasteiger partial charge in [0.25, 0.3) is 0 Å². The summed E-state index contributed by atoms with van der Waals surface area (Å²) < 4.78 is 6.96. The van der Waals surface area contributed by atoms with Crippen molar-refractivity contribution >= 4 is 17.9 Å². The van der Waals surface area contributed by atoms with Gasteiger partial charge in [-0.2, -0.15) is 0 Å². The molecule has 0 fully saturated rings. The van der Waals surface area contributed by atoms with Crippen molar-refractivity contribution in [3.63, 3.8) is 0 Å². The molecule has 1 rings (SSSR count). The fourth-order valence-electron chi connectivity index (χ4n) is 1.14. The Morgan fingerprint density at radius 1 is 1.47 bits per heavy atom. The molecular weight excluding hydrogens is 240 g/mol. The lowest BCUT2D eigenvalue weighted by atomic mass is 10.2. The van der Waals surface area contributed by atoms with Crippen molar-refractivity contribution < 1.29 is 9.53 Å². The van der Waals surface area contributed by atoms with Crippen LogP contribution in [0.15, 0.2) is 5.16 Å². The van der Waals surface area contributed by atoms with E-state index >= 15 is 0 Å². The Bertz CT molecular complexity index is 398. The smallest absolute Gasteiger partial charge is 0.408 e. The number of rotatable bonds is 3. The maximum atomic E-state index is 11.4. The highest BCUT2D eigenvalue weighted by Gasteiger charge is 2.16. The van der Waals surface area contributed by atoms with Gasteiger partial charge >= 0.3 is 6.09 Å². The fraction of sp³-hybridized carbons (Fsp3) is 0.700. The van der Waals surface area contributed by atoms with E-state index in [2.05, 4.69) is 15.5 Å². The lowest BCUT2D eigenvalue weighted by Crippen LogP contribution is -2.32. The normalized spacial score (nSPS) is 11.4. The number of thioether (sulfide) groups is 1. The molecule has 0 atom stereocenters. The molecule has 0 saturated heterocycles. The molecule has 7 heteroatoms. The Hall–Kier alpha value is -1.24. The average Bonchev–Trinajstić information content (AvgIpc) is 2.54. The van der Waals surface area contributed by atoms with Crippen LogP contribution in [0.3, 0.4) is 0 Å². The standard InChI is InChI=1S/C10H18N4O2S/c1-10(2,3)16-9(15)11-6-7-12-13-8(17-5)14(7)4/h6H2,1-5H3,(H,11,15). The molecule has 0 aliphatic heterocycles. The van der Waals surface area contributed by atoms with Gasteiger partial charge in [-0.1, -0.05) is 11.8 Å². The minimum Gasteiger partial charge on any atom is -0.444 e. The fourth-order valence-corrected chi connectivity index (χ4v) is 1.64. The summed E-state index contributed by atoms with van der Waals surface area (Å²) in [5.74, 6) is 0.695. The van der Waals surface area contributed by atoms with Gasteiger partial charge in [0.05, 0.1) is 6.54 Å². The third kappa shape index (κ3) is 4.26. The molecule has 0 aromatic carbocycles. The summed E-state index contributed by atoms with van der Waals surface area (Å²) in [6.45, 7) is 5.77. The van der Waals surface area contributed by atoms with Crippen molar-refractivity contribution in [1.29, 1.82) is 0 Å². The topological polar surface area (TPSA) is 69.0 Å². The number of nitrogens with zero attached hydrogens (tertiary/aromatic N) is 3. The molecule has 1 amide bonds. The van der Waals surface area contributed by atoms with Crippen LogP contribution in [-0.4, -0.2) is 32.7 Å². The molecule has 0 aliphatic carbocycles. The molecule has 6 nitrogen and oxygen atoms in total. The predicted octanol–water partition coefficient (Wildman–Crippen LogP) is 1.56. The van der Waals surface area contributed by atoms with E-state index in [1.165, 1.54) is 11.8 Å². The first-order chi connectivity index (χ1) is 7.83. The van der Waals surface area contributed by atoms with E-state index < -0.39 is 11.7 Å². The molecule has 0 saturated carbocycles. The van der Waals surface area contributed by atoms with Crippen LogP contribution in [0.1, 0.15) is 26.6 Å². The third-order valence-corrected chi connectivity index (χ3v) is 2.62.